The molecule has 0 amide bonds. The van der Waals surface area contributed by atoms with E-state index in [2.05, 4.69) is 9.11 Å². The summed E-state index contributed by atoms with van der Waals surface area (Å²) in [6.45, 7) is -1.69. The maximum atomic E-state index is 13.9. The molecule has 0 fully saturated rings. The Labute approximate surface area is 128 Å². The number of rotatable bonds is 3. The number of aromatic amines is 1. The highest BCUT2D eigenvalue weighted by atomic mass is 32.1. The van der Waals surface area contributed by atoms with Gasteiger partial charge in [0.1, 0.15) is 10.2 Å². The third-order valence-corrected chi connectivity index (χ3v) is 4.25. The SMILES string of the molecule is CCn1c2s[nH]c(=O)c2c(=O)c2cc(F)c(F)c(OC(F)F)c21. The molecule has 1 N–H and O–H groups in total. The fourth-order valence-electron chi connectivity index (χ4n) is 2.45. The Morgan fingerprint density at radius 1 is 1.35 bits per heavy atom. The number of alkyl halides is 2. The van der Waals surface area contributed by atoms with Crippen LogP contribution in [-0.2, 0) is 6.54 Å². The summed E-state index contributed by atoms with van der Waals surface area (Å²) >= 11 is 0.798. The van der Waals surface area contributed by atoms with E-state index in [0.29, 0.717) is 6.07 Å². The summed E-state index contributed by atoms with van der Waals surface area (Å²) in [7, 11) is 0. The number of pyridine rings is 1. The first-order valence-electron chi connectivity index (χ1n) is 6.37. The van der Waals surface area contributed by atoms with Crippen LogP contribution in [0.1, 0.15) is 6.92 Å². The molecule has 0 aliphatic carbocycles. The van der Waals surface area contributed by atoms with Crippen LogP contribution in [0.25, 0.3) is 21.1 Å². The van der Waals surface area contributed by atoms with Gasteiger partial charge in [-0.2, -0.15) is 13.2 Å². The summed E-state index contributed by atoms with van der Waals surface area (Å²) < 4.78 is 60.4. The Kier molecular flexibility index (Phi) is 3.63. The van der Waals surface area contributed by atoms with Crippen LogP contribution in [0.2, 0.25) is 0 Å². The Morgan fingerprint density at radius 2 is 2.04 bits per heavy atom. The Morgan fingerprint density at radius 3 is 2.65 bits per heavy atom. The van der Waals surface area contributed by atoms with Crippen LogP contribution in [0.3, 0.4) is 0 Å². The molecule has 3 rings (SSSR count). The van der Waals surface area contributed by atoms with Crippen LogP contribution in [0.5, 0.6) is 5.75 Å². The highest BCUT2D eigenvalue weighted by Gasteiger charge is 2.25. The molecule has 0 unspecified atom stereocenters. The van der Waals surface area contributed by atoms with Crippen molar-refractivity contribution in [3.05, 3.63) is 38.3 Å². The molecule has 122 valence electrons. The zero-order chi connectivity index (χ0) is 16.9. The van der Waals surface area contributed by atoms with E-state index in [0.717, 1.165) is 11.5 Å². The molecule has 0 bridgehead atoms. The first kappa shape index (κ1) is 15.5. The molecule has 0 radical (unpaired) electrons. The summed E-state index contributed by atoms with van der Waals surface area (Å²) in [5, 5.41) is -0.642. The Balaban J connectivity index is 2.64. The maximum Gasteiger partial charge on any atom is 0.387 e. The number of hydrogen-bond acceptors (Lipinski definition) is 4. The minimum atomic E-state index is -3.41. The van der Waals surface area contributed by atoms with Gasteiger partial charge in [0, 0.05) is 6.54 Å². The Bertz CT molecular complexity index is 1040. The van der Waals surface area contributed by atoms with Gasteiger partial charge in [-0.3, -0.25) is 14.0 Å². The highest BCUT2D eigenvalue weighted by molar-refractivity contribution is 7.12. The number of hydrogen-bond donors (Lipinski definition) is 1. The molecule has 3 aromatic rings. The molecular formula is C13H8F4N2O3S. The third-order valence-electron chi connectivity index (χ3n) is 3.34. The lowest BCUT2D eigenvalue weighted by atomic mass is 10.1. The summed E-state index contributed by atoms with van der Waals surface area (Å²) in [6.07, 6.45) is 0. The van der Waals surface area contributed by atoms with Crippen molar-refractivity contribution in [1.29, 1.82) is 0 Å². The number of nitrogens with one attached hydrogen (secondary N) is 1. The lowest BCUT2D eigenvalue weighted by molar-refractivity contribution is -0.0516. The summed E-state index contributed by atoms with van der Waals surface area (Å²) in [5.41, 5.74) is -1.88. The summed E-state index contributed by atoms with van der Waals surface area (Å²) in [5.74, 6) is -4.20. The second-order valence-electron chi connectivity index (χ2n) is 4.56. The molecule has 0 saturated carbocycles. The fourth-order valence-corrected chi connectivity index (χ4v) is 3.36. The van der Waals surface area contributed by atoms with E-state index in [1.54, 1.807) is 6.92 Å². The van der Waals surface area contributed by atoms with Crippen LogP contribution in [0.4, 0.5) is 17.6 Å². The minimum absolute atomic E-state index is 0.117. The van der Waals surface area contributed by atoms with Crippen molar-refractivity contribution in [2.75, 3.05) is 0 Å². The van der Waals surface area contributed by atoms with Crippen molar-refractivity contribution in [1.82, 2.24) is 8.94 Å². The van der Waals surface area contributed by atoms with Crippen molar-refractivity contribution in [3.63, 3.8) is 0 Å². The number of aryl methyl sites for hydroxylation is 1. The molecule has 5 nitrogen and oxygen atoms in total. The number of halogens is 4. The number of H-pyrrole nitrogens is 1. The van der Waals surface area contributed by atoms with Crippen LogP contribution >= 0.6 is 11.5 Å². The van der Waals surface area contributed by atoms with Crippen molar-refractivity contribution in [2.24, 2.45) is 0 Å². The first-order chi connectivity index (χ1) is 10.9. The zero-order valence-corrected chi connectivity index (χ0v) is 12.3. The molecule has 0 aliphatic heterocycles. The van der Waals surface area contributed by atoms with Crippen molar-refractivity contribution < 1.29 is 22.3 Å². The van der Waals surface area contributed by atoms with Gasteiger partial charge >= 0.3 is 6.61 Å². The van der Waals surface area contributed by atoms with Crippen molar-refractivity contribution in [3.8, 4) is 5.75 Å². The first-order valence-corrected chi connectivity index (χ1v) is 7.19. The molecule has 0 saturated heterocycles. The van der Waals surface area contributed by atoms with E-state index in [1.165, 1.54) is 4.57 Å². The lowest BCUT2D eigenvalue weighted by Crippen LogP contribution is -2.17. The van der Waals surface area contributed by atoms with Gasteiger partial charge in [-0.1, -0.05) is 0 Å². The standard InChI is InChI=1S/C13H8F4N2O3S/c1-2-19-8-4(9(20)6-11(21)18-23-12(6)19)3-5(14)7(15)10(8)22-13(16)17/h3,13H,2H2,1H3,(H,18,21). The molecule has 23 heavy (non-hydrogen) atoms. The number of fused-ring (bicyclic) bond motifs is 2. The van der Waals surface area contributed by atoms with Gasteiger partial charge in [0.2, 0.25) is 11.2 Å². The van der Waals surface area contributed by atoms with E-state index < -0.39 is 40.4 Å². The van der Waals surface area contributed by atoms with Gasteiger partial charge in [0.25, 0.3) is 5.56 Å². The quantitative estimate of drug-likeness (QED) is 0.741. The second kappa shape index (κ2) is 5.37. The highest BCUT2D eigenvalue weighted by Crippen LogP contribution is 2.33. The van der Waals surface area contributed by atoms with E-state index in [1.807, 2.05) is 0 Å². The average molecular weight is 348 g/mol. The van der Waals surface area contributed by atoms with Gasteiger partial charge in [-0.15, -0.1) is 0 Å². The lowest BCUT2D eigenvalue weighted by Gasteiger charge is -2.15. The second-order valence-corrected chi connectivity index (χ2v) is 5.36. The monoisotopic (exact) mass is 348 g/mol. The van der Waals surface area contributed by atoms with E-state index in [4.69, 9.17) is 0 Å². The molecule has 2 heterocycles. The van der Waals surface area contributed by atoms with Gasteiger partial charge in [-0.25, -0.2) is 4.39 Å². The van der Waals surface area contributed by atoms with Crippen LogP contribution in [-0.4, -0.2) is 15.6 Å². The predicted molar refractivity (Wildman–Crippen MR) is 76.4 cm³/mol. The molecule has 0 atom stereocenters. The molecule has 10 heteroatoms. The zero-order valence-electron chi connectivity index (χ0n) is 11.5. The topological polar surface area (TPSA) is 64.1 Å². The average Bonchev–Trinajstić information content (AvgIpc) is 2.87. The van der Waals surface area contributed by atoms with Gasteiger partial charge < -0.3 is 9.30 Å². The van der Waals surface area contributed by atoms with Gasteiger partial charge in [0.15, 0.2) is 11.6 Å². The number of nitrogens with zero attached hydrogens (tertiary/aromatic N) is 1. The van der Waals surface area contributed by atoms with Crippen LogP contribution < -0.4 is 15.7 Å². The molecule has 0 spiro atoms. The van der Waals surface area contributed by atoms with Crippen LogP contribution in [0.15, 0.2) is 15.7 Å². The minimum Gasteiger partial charge on any atom is -0.429 e. The largest absolute Gasteiger partial charge is 0.429 e. The molecule has 1 aromatic carbocycles. The van der Waals surface area contributed by atoms with Gasteiger partial charge in [0.05, 0.1) is 10.9 Å². The van der Waals surface area contributed by atoms with E-state index in [9.17, 15) is 27.2 Å². The normalized spacial score (nSPS) is 11.7. The van der Waals surface area contributed by atoms with Crippen molar-refractivity contribution in [2.45, 2.75) is 20.1 Å². The summed E-state index contributed by atoms with van der Waals surface area (Å²) in [6, 6.07) is 0.577. The Hall–Kier alpha value is -2.36. The third kappa shape index (κ3) is 2.21. The van der Waals surface area contributed by atoms with Gasteiger partial charge in [-0.05, 0) is 24.5 Å². The predicted octanol–water partition coefficient (Wildman–Crippen LogP) is 2.80. The summed E-state index contributed by atoms with van der Waals surface area (Å²) in [4.78, 5) is 24.3. The smallest absolute Gasteiger partial charge is 0.387 e. The fraction of sp³-hybridized carbons (Fsp3) is 0.231. The van der Waals surface area contributed by atoms with E-state index >= 15 is 0 Å². The number of benzene rings is 1. The molecule has 2 aromatic heterocycles. The van der Waals surface area contributed by atoms with Crippen molar-refractivity contribution >= 4 is 32.7 Å². The molecule has 0 aliphatic rings. The van der Waals surface area contributed by atoms with Crippen LogP contribution in [0, 0.1) is 11.6 Å². The number of aromatic nitrogens is 2. The molecular weight excluding hydrogens is 340 g/mol. The maximum absolute atomic E-state index is 13.9. The number of ether oxygens (including phenoxy) is 1. The van der Waals surface area contributed by atoms with E-state index in [-0.39, 0.29) is 22.3 Å².